The van der Waals surface area contributed by atoms with Crippen LogP contribution in [0.15, 0.2) is 36.4 Å². The predicted molar refractivity (Wildman–Crippen MR) is 81.4 cm³/mol. The molecule has 1 aromatic carbocycles. The Morgan fingerprint density at radius 3 is 2.79 bits per heavy atom. The van der Waals surface area contributed by atoms with Gasteiger partial charge in [-0.15, -0.1) is 0 Å². The molecule has 2 nitrogen and oxygen atoms in total. The normalized spacial score (nSPS) is 22.3. The maximum Gasteiger partial charge on any atom is 0.126 e. The van der Waals surface area contributed by atoms with Gasteiger partial charge in [-0.1, -0.05) is 44.9 Å². The van der Waals surface area contributed by atoms with Crippen molar-refractivity contribution in [3.05, 3.63) is 36.4 Å². The fourth-order valence-corrected chi connectivity index (χ4v) is 3.09. The van der Waals surface area contributed by atoms with E-state index in [1.807, 2.05) is 6.07 Å². The van der Waals surface area contributed by atoms with E-state index in [1.165, 1.54) is 31.1 Å². The van der Waals surface area contributed by atoms with Crippen LogP contribution < -0.4 is 5.32 Å². The topological polar surface area (TPSA) is 24.9 Å². The van der Waals surface area contributed by atoms with Gasteiger partial charge in [0.15, 0.2) is 0 Å². The van der Waals surface area contributed by atoms with Gasteiger partial charge in [-0.25, -0.2) is 4.98 Å². The Labute approximate surface area is 115 Å². The molecule has 0 bridgehead atoms. The van der Waals surface area contributed by atoms with Crippen LogP contribution in [0.2, 0.25) is 0 Å². The Bertz CT molecular complexity index is 574. The third-order valence-electron chi connectivity index (χ3n) is 4.43. The zero-order chi connectivity index (χ0) is 13.3. The van der Waals surface area contributed by atoms with Gasteiger partial charge in [-0.05, 0) is 36.5 Å². The molecule has 2 heteroatoms. The van der Waals surface area contributed by atoms with Crippen LogP contribution in [0.25, 0.3) is 10.9 Å². The van der Waals surface area contributed by atoms with Crippen LogP contribution in [0.1, 0.15) is 39.5 Å². The van der Waals surface area contributed by atoms with Gasteiger partial charge in [0.1, 0.15) is 5.82 Å². The first kappa shape index (κ1) is 12.5. The monoisotopic (exact) mass is 254 g/mol. The SMILES string of the molecule is CC1(C)CCCCC1Nc1ccc2ccccc2n1. The number of fused-ring (bicyclic) bond motifs is 1. The highest BCUT2D eigenvalue weighted by Crippen LogP contribution is 2.37. The van der Waals surface area contributed by atoms with E-state index in [1.54, 1.807) is 0 Å². The number of para-hydroxylation sites is 1. The van der Waals surface area contributed by atoms with Crippen molar-refractivity contribution in [2.24, 2.45) is 5.41 Å². The zero-order valence-electron chi connectivity index (χ0n) is 11.8. The van der Waals surface area contributed by atoms with Crippen molar-refractivity contribution in [3.63, 3.8) is 0 Å². The molecule has 1 atom stereocenters. The number of rotatable bonds is 2. The summed E-state index contributed by atoms with van der Waals surface area (Å²) in [5.74, 6) is 1.01. The molecule has 1 aromatic heterocycles. The lowest BCUT2D eigenvalue weighted by Gasteiger charge is -2.39. The quantitative estimate of drug-likeness (QED) is 0.846. The van der Waals surface area contributed by atoms with E-state index >= 15 is 0 Å². The van der Waals surface area contributed by atoms with Crippen LogP contribution in [0.4, 0.5) is 5.82 Å². The Balaban J connectivity index is 1.84. The fraction of sp³-hybridized carbons (Fsp3) is 0.471. The van der Waals surface area contributed by atoms with Gasteiger partial charge in [0, 0.05) is 11.4 Å². The molecule has 2 aromatic rings. The van der Waals surface area contributed by atoms with E-state index < -0.39 is 0 Å². The third kappa shape index (κ3) is 2.58. The van der Waals surface area contributed by atoms with Crippen LogP contribution in [-0.4, -0.2) is 11.0 Å². The van der Waals surface area contributed by atoms with Crippen molar-refractivity contribution in [2.75, 3.05) is 5.32 Å². The van der Waals surface area contributed by atoms with E-state index in [4.69, 9.17) is 4.98 Å². The Morgan fingerprint density at radius 2 is 1.95 bits per heavy atom. The number of aromatic nitrogens is 1. The molecule has 19 heavy (non-hydrogen) atoms. The van der Waals surface area contributed by atoms with Gasteiger partial charge >= 0.3 is 0 Å². The van der Waals surface area contributed by atoms with Crippen LogP contribution in [-0.2, 0) is 0 Å². The Kier molecular flexibility index (Phi) is 3.17. The highest BCUT2D eigenvalue weighted by Gasteiger charge is 2.32. The van der Waals surface area contributed by atoms with Crippen molar-refractivity contribution in [1.82, 2.24) is 4.98 Å². The molecule has 1 fully saturated rings. The number of hydrogen-bond donors (Lipinski definition) is 1. The largest absolute Gasteiger partial charge is 0.367 e. The van der Waals surface area contributed by atoms with Gasteiger partial charge in [0.2, 0.25) is 0 Å². The lowest BCUT2D eigenvalue weighted by molar-refractivity contribution is 0.216. The first-order valence-corrected chi connectivity index (χ1v) is 7.27. The molecule has 3 rings (SSSR count). The number of anilines is 1. The maximum absolute atomic E-state index is 4.72. The van der Waals surface area contributed by atoms with Gasteiger partial charge in [-0.3, -0.25) is 0 Å². The second kappa shape index (κ2) is 4.84. The molecule has 1 aliphatic rings. The van der Waals surface area contributed by atoms with Gasteiger partial charge in [0.05, 0.1) is 5.52 Å². The van der Waals surface area contributed by atoms with E-state index in [9.17, 15) is 0 Å². The predicted octanol–water partition coefficient (Wildman–Crippen LogP) is 4.62. The average Bonchev–Trinajstić information content (AvgIpc) is 2.41. The van der Waals surface area contributed by atoms with Crippen LogP contribution in [0.5, 0.6) is 0 Å². The summed E-state index contributed by atoms with van der Waals surface area (Å²) in [4.78, 5) is 4.72. The molecule has 1 aliphatic carbocycles. The van der Waals surface area contributed by atoms with Crippen molar-refractivity contribution >= 4 is 16.7 Å². The molecule has 1 unspecified atom stereocenters. The molecular weight excluding hydrogens is 232 g/mol. The third-order valence-corrected chi connectivity index (χ3v) is 4.43. The first-order chi connectivity index (χ1) is 9.15. The first-order valence-electron chi connectivity index (χ1n) is 7.27. The smallest absolute Gasteiger partial charge is 0.126 e. The number of nitrogens with one attached hydrogen (secondary N) is 1. The van der Waals surface area contributed by atoms with Crippen LogP contribution >= 0.6 is 0 Å². The van der Waals surface area contributed by atoms with Gasteiger partial charge in [-0.2, -0.15) is 0 Å². The van der Waals surface area contributed by atoms with Crippen molar-refractivity contribution < 1.29 is 0 Å². The number of pyridine rings is 1. The van der Waals surface area contributed by atoms with Gasteiger partial charge in [0.25, 0.3) is 0 Å². The summed E-state index contributed by atoms with van der Waals surface area (Å²) < 4.78 is 0. The lowest BCUT2D eigenvalue weighted by Crippen LogP contribution is -2.39. The van der Waals surface area contributed by atoms with E-state index in [0.717, 1.165) is 11.3 Å². The molecule has 0 amide bonds. The molecule has 0 aliphatic heterocycles. The minimum absolute atomic E-state index is 0.367. The lowest BCUT2D eigenvalue weighted by atomic mass is 9.73. The molecule has 0 saturated heterocycles. The molecule has 1 N–H and O–H groups in total. The number of benzene rings is 1. The molecule has 1 saturated carbocycles. The van der Waals surface area contributed by atoms with Crippen molar-refractivity contribution in [1.29, 1.82) is 0 Å². The minimum Gasteiger partial charge on any atom is -0.367 e. The standard InChI is InChI=1S/C17H22N2/c1-17(2)12-6-5-9-15(17)19-16-11-10-13-7-3-4-8-14(13)18-16/h3-4,7-8,10-11,15H,5-6,9,12H2,1-2H3,(H,18,19). The highest BCUT2D eigenvalue weighted by molar-refractivity contribution is 5.80. The summed E-state index contributed by atoms with van der Waals surface area (Å²) in [5.41, 5.74) is 1.44. The second-order valence-corrected chi connectivity index (χ2v) is 6.32. The fourth-order valence-electron chi connectivity index (χ4n) is 3.09. The summed E-state index contributed by atoms with van der Waals surface area (Å²) in [7, 11) is 0. The van der Waals surface area contributed by atoms with E-state index in [0.29, 0.717) is 11.5 Å². The maximum atomic E-state index is 4.72. The Hall–Kier alpha value is -1.57. The summed E-state index contributed by atoms with van der Waals surface area (Å²) in [6.45, 7) is 4.73. The number of hydrogen-bond acceptors (Lipinski definition) is 2. The summed E-state index contributed by atoms with van der Waals surface area (Å²) in [5, 5.41) is 4.86. The summed E-state index contributed by atoms with van der Waals surface area (Å²) >= 11 is 0. The highest BCUT2D eigenvalue weighted by atomic mass is 15.0. The van der Waals surface area contributed by atoms with Crippen molar-refractivity contribution in [2.45, 2.75) is 45.6 Å². The van der Waals surface area contributed by atoms with Crippen LogP contribution in [0, 0.1) is 5.41 Å². The second-order valence-electron chi connectivity index (χ2n) is 6.32. The number of nitrogens with zero attached hydrogens (tertiary/aromatic N) is 1. The summed E-state index contributed by atoms with van der Waals surface area (Å²) in [6.07, 6.45) is 5.24. The van der Waals surface area contributed by atoms with E-state index in [2.05, 4.69) is 49.5 Å². The molecular formula is C17H22N2. The summed E-state index contributed by atoms with van der Waals surface area (Å²) in [6, 6.07) is 13.1. The van der Waals surface area contributed by atoms with Gasteiger partial charge < -0.3 is 5.32 Å². The Morgan fingerprint density at radius 1 is 1.11 bits per heavy atom. The molecule has 100 valence electrons. The molecule has 0 radical (unpaired) electrons. The van der Waals surface area contributed by atoms with Crippen molar-refractivity contribution in [3.8, 4) is 0 Å². The minimum atomic E-state index is 0.367. The molecule has 0 spiro atoms. The average molecular weight is 254 g/mol. The zero-order valence-corrected chi connectivity index (χ0v) is 11.8. The van der Waals surface area contributed by atoms with E-state index in [-0.39, 0.29) is 0 Å². The molecule has 1 heterocycles. The van der Waals surface area contributed by atoms with Crippen LogP contribution in [0.3, 0.4) is 0 Å².